The fourth-order valence-corrected chi connectivity index (χ4v) is 4.40. The largest absolute Gasteiger partial charge is 0.322 e. The van der Waals surface area contributed by atoms with Crippen molar-refractivity contribution in [2.45, 2.75) is 36.4 Å². The first-order valence-electron chi connectivity index (χ1n) is 7.28. The molecule has 0 bridgehead atoms. The first-order chi connectivity index (χ1) is 10.8. The maximum Gasteiger partial charge on any atom is 0.299 e. The summed E-state index contributed by atoms with van der Waals surface area (Å²) < 4.78 is 30.4. The van der Waals surface area contributed by atoms with Crippen molar-refractivity contribution in [1.82, 2.24) is 4.90 Å². The molecule has 0 spiro atoms. The fraction of sp³-hybridized carbons (Fsp3) is 0.467. The van der Waals surface area contributed by atoms with E-state index < -0.39 is 27.8 Å². The summed E-state index contributed by atoms with van der Waals surface area (Å²) in [5.74, 6) is -0.626. The molecule has 23 heavy (non-hydrogen) atoms. The van der Waals surface area contributed by atoms with Crippen LogP contribution in [0.4, 0.5) is 0 Å². The Balaban J connectivity index is 1.91. The van der Waals surface area contributed by atoms with Crippen LogP contribution in [0.5, 0.6) is 0 Å². The SMILES string of the molecule is Cc1ccc(S(=O)(=O)O[C@@]23C[C@@H]2C[C@@H](C#N)N3C(=O)CN)cc1. The van der Waals surface area contributed by atoms with E-state index in [1.165, 1.54) is 17.0 Å². The molecule has 2 fully saturated rings. The third-order valence-corrected chi connectivity index (χ3v) is 5.76. The zero-order valence-corrected chi connectivity index (χ0v) is 13.4. The number of hydrogen-bond acceptors (Lipinski definition) is 6. The van der Waals surface area contributed by atoms with Crippen molar-refractivity contribution < 1.29 is 17.4 Å². The minimum atomic E-state index is -4.03. The van der Waals surface area contributed by atoms with Crippen molar-refractivity contribution in [3.05, 3.63) is 29.8 Å². The van der Waals surface area contributed by atoms with Crippen LogP contribution in [0, 0.1) is 24.2 Å². The Kier molecular flexibility index (Phi) is 3.67. The van der Waals surface area contributed by atoms with E-state index in [0.717, 1.165) is 5.56 Å². The Bertz CT molecular complexity index is 784. The topological polar surface area (TPSA) is 113 Å². The van der Waals surface area contributed by atoms with Gasteiger partial charge in [-0.3, -0.25) is 9.69 Å². The van der Waals surface area contributed by atoms with Gasteiger partial charge in [0.2, 0.25) is 5.91 Å². The van der Waals surface area contributed by atoms with Gasteiger partial charge < -0.3 is 5.73 Å². The van der Waals surface area contributed by atoms with Crippen molar-refractivity contribution in [2.75, 3.05) is 6.54 Å². The molecule has 3 atom stereocenters. The quantitative estimate of drug-likeness (QED) is 0.802. The van der Waals surface area contributed by atoms with E-state index in [1.807, 2.05) is 13.0 Å². The molecule has 2 aliphatic rings. The maximum absolute atomic E-state index is 12.5. The number of nitriles is 1. The minimum Gasteiger partial charge on any atom is -0.322 e. The van der Waals surface area contributed by atoms with Gasteiger partial charge in [0.05, 0.1) is 17.5 Å². The number of hydrogen-bond donors (Lipinski definition) is 1. The molecule has 1 amide bonds. The number of nitrogens with two attached hydrogens (primary N) is 1. The van der Waals surface area contributed by atoms with Gasteiger partial charge in [0, 0.05) is 12.3 Å². The van der Waals surface area contributed by atoms with E-state index in [-0.39, 0.29) is 17.4 Å². The lowest BCUT2D eigenvalue weighted by atomic mass is 10.2. The van der Waals surface area contributed by atoms with E-state index in [0.29, 0.717) is 12.8 Å². The molecule has 1 aliphatic carbocycles. The van der Waals surface area contributed by atoms with E-state index in [1.54, 1.807) is 12.1 Å². The van der Waals surface area contributed by atoms with E-state index >= 15 is 0 Å². The van der Waals surface area contributed by atoms with Gasteiger partial charge in [-0.25, -0.2) is 4.18 Å². The third kappa shape index (κ3) is 2.51. The summed E-state index contributed by atoms with van der Waals surface area (Å²) in [6.07, 6.45) is 0.813. The van der Waals surface area contributed by atoms with Crippen LogP contribution in [0.3, 0.4) is 0 Å². The van der Waals surface area contributed by atoms with Gasteiger partial charge in [0.1, 0.15) is 6.04 Å². The highest BCUT2D eigenvalue weighted by atomic mass is 32.2. The summed E-state index contributed by atoms with van der Waals surface area (Å²) in [5.41, 5.74) is 5.07. The average Bonchev–Trinajstić information content (AvgIpc) is 3.09. The van der Waals surface area contributed by atoms with Crippen LogP contribution in [-0.4, -0.2) is 37.5 Å². The minimum absolute atomic E-state index is 0.0312. The molecule has 3 rings (SSSR count). The summed E-state index contributed by atoms with van der Waals surface area (Å²) in [6, 6.07) is 7.60. The normalized spacial score (nSPS) is 29.0. The molecule has 1 saturated carbocycles. The van der Waals surface area contributed by atoms with Crippen molar-refractivity contribution in [1.29, 1.82) is 5.26 Å². The number of aryl methyl sites for hydroxylation is 1. The van der Waals surface area contributed by atoms with Crippen molar-refractivity contribution in [3.63, 3.8) is 0 Å². The smallest absolute Gasteiger partial charge is 0.299 e. The average molecular weight is 335 g/mol. The predicted molar refractivity (Wildman–Crippen MR) is 80.2 cm³/mol. The van der Waals surface area contributed by atoms with E-state index in [2.05, 4.69) is 0 Å². The number of likely N-dealkylation sites (tertiary alicyclic amines) is 1. The monoisotopic (exact) mass is 335 g/mol. The molecular formula is C15H17N3O4S. The van der Waals surface area contributed by atoms with Crippen molar-refractivity contribution in [2.24, 2.45) is 11.7 Å². The Morgan fingerprint density at radius 1 is 1.48 bits per heavy atom. The molecule has 1 aliphatic heterocycles. The van der Waals surface area contributed by atoms with Crippen LogP contribution in [-0.2, 0) is 19.1 Å². The standard InChI is InChI=1S/C15H17N3O4S/c1-10-2-4-13(5-3-10)23(20,21)22-15-7-11(15)6-12(8-16)18(15)14(19)9-17/h2-5,11-12H,6-7,9,17H2,1H3/t11-,12-,15-/m0/s1. The van der Waals surface area contributed by atoms with Crippen LogP contribution < -0.4 is 5.73 Å². The molecule has 1 saturated heterocycles. The lowest BCUT2D eigenvalue weighted by Gasteiger charge is -2.30. The molecule has 1 aromatic carbocycles. The van der Waals surface area contributed by atoms with E-state index in [9.17, 15) is 18.5 Å². The molecule has 0 unspecified atom stereocenters. The number of benzene rings is 1. The lowest BCUT2D eigenvalue weighted by Crippen LogP contribution is -2.49. The second-order valence-electron chi connectivity index (χ2n) is 5.94. The predicted octanol–water partition coefficient (Wildman–Crippen LogP) is 0.500. The first-order valence-corrected chi connectivity index (χ1v) is 8.69. The van der Waals surface area contributed by atoms with Crippen LogP contribution in [0.2, 0.25) is 0 Å². The van der Waals surface area contributed by atoms with Crippen molar-refractivity contribution in [3.8, 4) is 6.07 Å². The molecule has 0 aromatic heterocycles. The molecule has 2 N–H and O–H groups in total. The highest BCUT2D eigenvalue weighted by Crippen LogP contribution is 2.59. The number of fused-ring (bicyclic) bond motifs is 1. The maximum atomic E-state index is 12.5. The van der Waals surface area contributed by atoms with Crippen LogP contribution in [0.15, 0.2) is 29.2 Å². The van der Waals surface area contributed by atoms with Gasteiger partial charge in [0.25, 0.3) is 10.1 Å². The van der Waals surface area contributed by atoms with Gasteiger partial charge in [-0.2, -0.15) is 13.7 Å². The van der Waals surface area contributed by atoms with Crippen LogP contribution in [0.25, 0.3) is 0 Å². The molecular weight excluding hydrogens is 318 g/mol. The molecule has 0 radical (unpaired) electrons. The zero-order chi connectivity index (χ0) is 16.8. The Morgan fingerprint density at radius 3 is 2.70 bits per heavy atom. The van der Waals surface area contributed by atoms with Crippen LogP contribution >= 0.6 is 0 Å². The number of carbonyl (C=O) groups is 1. The zero-order valence-electron chi connectivity index (χ0n) is 12.6. The summed E-state index contributed by atoms with van der Waals surface area (Å²) in [7, 11) is -4.03. The van der Waals surface area contributed by atoms with Crippen molar-refractivity contribution >= 4 is 16.0 Å². The highest BCUT2D eigenvalue weighted by Gasteiger charge is 2.70. The van der Waals surface area contributed by atoms with Gasteiger partial charge in [-0.1, -0.05) is 17.7 Å². The molecule has 8 heteroatoms. The summed E-state index contributed by atoms with van der Waals surface area (Å²) in [5, 5.41) is 9.19. The molecule has 1 aromatic rings. The van der Waals surface area contributed by atoms with E-state index in [4.69, 9.17) is 9.92 Å². The van der Waals surface area contributed by atoms with Gasteiger partial charge >= 0.3 is 0 Å². The fourth-order valence-electron chi connectivity index (χ4n) is 3.17. The van der Waals surface area contributed by atoms with Gasteiger partial charge in [0.15, 0.2) is 5.72 Å². The number of piperidine rings is 1. The molecule has 122 valence electrons. The number of carbonyl (C=O) groups excluding carboxylic acids is 1. The first kappa shape index (κ1) is 15.9. The third-order valence-electron chi connectivity index (χ3n) is 4.40. The Labute approximate surface area is 134 Å². The Morgan fingerprint density at radius 2 is 2.13 bits per heavy atom. The Hall–Kier alpha value is -1.95. The summed E-state index contributed by atoms with van der Waals surface area (Å²) in [6.45, 7) is 1.56. The molecule has 1 heterocycles. The van der Waals surface area contributed by atoms with Gasteiger partial charge in [-0.15, -0.1) is 0 Å². The number of nitrogens with zero attached hydrogens (tertiary/aromatic N) is 2. The highest BCUT2D eigenvalue weighted by molar-refractivity contribution is 7.86. The van der Waals surface area contributed by atoms with Crippen LogP contribution in [0.1, 0.15) is 18.4 Å². The van der Waals surface area contributed by atoms with Gasteiger partial charge in [-0.05, 0) is 25.5 Å². The number of rotatable bonds is 4. The summed E-state index contributed by atoms with van der Waals surface area (Å²) >= 11 is 0. The second-order valence-corrected chi connectivity index (χ2v) is 7.49. The number of amides is 1. The molecule has 7 nitrogen and oxygen atoms in total. The second kappa shape index (κ2) is 5.30. The summed E-state index contributed by atoms with van der Waals surface area (Å²) in [4.78, 5) is 13.3. The lowest BCUT2D eigenvalue weighted by molar-refractivity contribution is -0.139.